The van der Waals surface area contributed by atoms with Gasteiger partial charge in [-0.15, -0.1) is 0 Å². The smallest absolute Gasteiger partial charge is 0.167 e. The Kier molecular flexibility index (Phi) is 5.37. The summed E-state index contributed by atoms with van der Waals surface area (Å²) in [5.41, 5.74) is 0.693. The molecule has 0 unspecified atom stereocenters. The van der Waals surface area contributed by atoms with Crippen molar-refractivity contribution in [2.75, 3.05) is 6.61 Å². The first-order valence-corrected chi connectivity index (χ1v) is 7.58. The summed E-state index contributed by atoms with van der Waals surface area (Å²) in [5, 5.41) is 0.258. The lowest BCUT2D eigenvalue weighted by atomic mass is 10.0. The van der Waals surface area contributed by atoms with E-state index in [1.54, 1.807) is 24.3 Å². The summed E-state index contributed by atoms with van der Waals surface area (Å²) in [7, 11) is 0. The molecule has 5 heteroatoms. The van der Waals surface area contributed by atoms with E-state index in [1.807, 2.05) is 6.92 Å². The fourth-order valence-corrected chi connectivity index (χ4v) is 2.63. The number of rotatable bonds is 5. The first-order valence-electron chi connectivity index (χ1n) is 6.41. The normalized spacial score (nSPS) is 10.5. The summed E-state index contributed by atoms with van der Waals surface area (Å²) in [6.07, 6.45) is -0.0775. The minimum atomic E-state index is -0.471. The highest BCUT2D eigenvalue weighted by atomic mass is 79.9. The summed E-state index contributed by atoms with van der Waals surface area (Å²) < 4.78 is 19.8. The second-order valence-corrected chi connectivity index (χ2v) is 5.64. The molecular formula is C16H13BrClFO2. The van der Waals surface area contributed by atoms with Gasteiger partial charge in [0.15, 0.2) is 5.78 Å². The second-order valence-electron chi connectivity index (χ2n) is 4.38. The van der Waals surface area contributed by atoms with Crippen molar-refractivity contribution in [2.45, 2.75) is 13.3 Å². The van der Waals surface area contributed by atoms with Gasteiger partial charge >= 0.3 is 0 Å². The lowest BCUT2D eigenvalue weighted by Gasteiger charge is -2.08. The van der Waals surface area contributed by atoms with Gasteiger partial charge in [0, 0.05) is 22.6 Å². The van der Waals surface area contributed by atoms with Crippen LogP contribution in [-0.4, -0.2) is 12.4 Å². The van der Waals surface area contributed by atoms with Crippen molar-refractivity contribution in [3.8, 4) is 5.75 Å². The van der Waals surface area contributed by atoms with E-state index in [1.165, 1.54) is 12.1 Å². The topological polar surface area (TPSA) is 26.3 Å². The predicted octanol–water partition coefficient (Wildman–Crippen LogP) is 5.07. The number of halogens is 3. The van der Waals surface area contributed by atoms with Crippen LogP contribution in [0.1, 0.15) is 22.8 Å². The van der Waals surface area contributed by atoms with Gasteiger partial charge in [0.1, 0.15) is 11.6 Å². The summed E-state index contributed by atoms with van der Waals surface area (Å²) in [6, 6.07) is 9.42. The maximum Gasteiger partial charge on any atom is 0.167 e. The molecule has 0 fully saturated rings. The molecule has 0 spiro atoms. The van der Waals surface area contributed by atoms with Gasteiger partial charge < -0.3 is 4.74 Å². The molecule has 0 saturated carbocycles. The highest BCUT2D eigenvalue weighted by Crippen LogP contribution is 2.27. The zero-order chi connectivity index (χ0) is 15.4. The second kappa shape index (κ2) is 7.05. The average molecular weight is 372 g/mol. The Balaban J connectivity index is 2.23. The molecule has 0 saturated heterocycles. The van der Waals surface area contributed by atoms with Gasteiger partial charge in [0.2, 0.25) is 0 Å². The van der Waals surface area contributed by atoms with Crippen molar-refractivity contribution in [3.63, 3.8) is 0 Å². The molecule has 2 rings (SSSR count). The molecule has 0 aliphatic rings. The Morgan fingerprint density at radius 3 is 2.71 bits per heavy atom. The van der Waals surface area contributed by atoms with E-state index in [4.69, 9.17) is 16.3 Å². The zero-order valence-electron chi connectivity index (χ0n) is 11.3. The standard InChI is InChI=1S/C16H13BrClFO2/c1-2-21-16-7-6-10(8-12(16)17)15(20)9-11-13(18)4-3-5-14(11)19/h3-8H,2,9H2,1H3. The van der Waals surface area contributed by atoms with Gasteiger partial charge in [-0.2, -0.15) is 0 Å². The number of carbonyl (C=O) groups excluding carboxylic acids is 1. The van der Waals surface area contributed by atoms with Crippen molar-refractivity contribution < 1.29 is 13.9 Å². The van der Waals surface area contributed by atoms with E-state index in [9.17, 15) is 9.18 Å². The van der Waals surface area contributed by atoms with Crippen molar-refractivity contribution >= 4 is 33.3 Å². The van der Waals surface area contributed by atoms with Crippen LogP contribution in [0.5, 0.6) is 5.75 Å². The van der Waals surface area contributed by atoms with Crippen LogP contribution in [0.4, 0.5) is 4.39 Å². The number of benzene rings is 2. The van der Waals surface area contributed by atoms with Crippen LogP contribution < -0.4 is 4.74 Å². The van der Waals surface area contributed by atoms with Crippen molar-refractivity contribution in [1.29, 1.82) is 0 Å². The van der Waals surface area contributed by atoms with Gasteiger partial charge in [-0.05, 0) is 53.2 Å². The highest BCUT2D eigenvalue weighted by molar-refractivity contribution is 9.10. The zero-order valence-corrected chi connectivity index (χ0v) is 13.7. The fourth-order valence-electron chi connectivity index (χ4n) is 1.91. The van der Waals surface area contributed by atoms with Crippen LogP contribution in [0.2, 0.25) is 5.02 Å². The summed E-state index contributed by atoms with van der Waals surface area (Å²) in [5.74, 6) is -0.00965. The van der Waals surface area contributed by atoms with Gasteiger partial charge in [-0.25, -0.2) is 4.39 Å². The van der Waals surface area contributed by atoms with Gasteiger partial charge in [0.05, 0.1) is 11.1 Å². The van der Waals surface area contributed by atoms with Gasteiger partial charge in [-0.1, -0.05) is 17.7 Å². The maximum absolute atomic E-state index is 13.7. The summed E-state index contributed by atoms with van der Waals surface area (Å²) in [6.45, 7) is 2.42. The molecule has 0 aliphatic carbocycles. The number of Topliss-reactive ketones (excluding diaryl/α,β-unsaturated/α-hetero) is 1. The van der Waals surface area contributed by atoms with E-state index >= 15 is 0 Å². The lowest BCUT2D eigenvalue weighted by Crippen LogP contribution is -2.06. The molecule has 0 N–H and O–H groups in total. The SMILES string of the molecule is CCOc1ccc(C(=O)Cc2c(F)cccc2Cl)cc1Br. The van der Waals surface area contributed by atoms with E-state index in [0.717, 1.165) is 0 Å². The Labute approximate surface area is 136 Å². The number of carbonyl (C=O) groups is 1. The Hall–Kier alpha value is -1.39. The van der Waals surface area contributed by atoms with Crippen LogP contribution in [0.3, 0.4) is 0 Å². The molecular weight excluding hydrogens is 359 g/mol. The largest absolute Gasteiger partial charge is 0.493 e. The van der Waals surface area contributed by atoms with E-state index in [2.05, 4.69) is 15.9 Å². The summed E-state index contributed by atoms with van der Waals surface area (Å²) >= 11 is 9.29. The summed E-state index contributed by atoms with van der Waals surface area (Å²) in [4.78, 5) is 12.3. The minimum absolute atomic E-state index is 0.0775. The molecule has 0 heterocycles. The lowest BCUT2D eigenvalue weighted by molar-refractivity contribution is 0.0991. The van der Waals surface area contributed by atoms with Gasteiger partial charge in [-0.3, -0.25) is 4.79 Å². The molecule has 2 aromatic rings. The van der Waals surface area contributed by atoms with Crippen LogP contribution in [0.15, 0.2) is 40.9 Å². The number of hydrogen-bond donors (Lipinski definition) is 0. The highest BCUT2D eigenvalue weighted by Gasteiger charge is 2.14. The first kappa shape index (κ1) is 16.0. The molecule has 0 radical (unpaired) electrons. The third kappa shape index (κ3) is 3.83. The molecule has 0 bridgehead atoms. The molecule has 2 nitrogen and oxygen atoms in total. The Morgan fingerprint density at radius 2 is 2.10 bits per heavy atom. The number of hydrogen-bond acceptors (Lipinski definition) is 2. The monoisotopic (exact) mass is 370 g/mol. The Morgan fingerprint density at radius 1 is 1.33 bits per heavy atom. The van der Waals surface area contributed by atoms with Crippen molar-refractivity contribution in [2.24, 2.45) is 0 Å². The molecule has 0 aromatic heterocycles. The van der Waals surface area contributed by atoms with Crippen LogP contribution in [0, 0.1) is 5.82 Å². The third-order valence-electron chi connectivity index (χ3n) is 2.95. The van der Waals surface area contributed by atoms with Crippen LogP contribution in [-0.2, 0) is 6.42 Å². The van der Waals surface area contributed by atoms with Gasteiger partial charge in [0.25, 0.3) is 0 Å². The predicted molar refractivity (Wildman–Crippen MR) is 84.8 cm³/mol. The fraction of sp³-hybridized carbons (Fsp3) is 0.188. The maximum atomic E-state index is 13.7. The third-order valence-corrected chi connectivity index (χ3v) is 3.93. The molecule has 2 aromatic carbocycles. The molecule has 0 atom stereocenters. The average Bonchev–Trinajstić information content (AvgIpc) is 2.45. The quantitative estimate of drug-likeness (QED) is 0.686. The Bertz CT molecular complexity index is 653. The molecule has 0 amide bonds. The number of ketones is 1. The number of ether oxygens (including phenoxy) is 1. The van der Waals surface area contributed by atoms with E-state index in [-0.39, 0.29) is 22.8 Å². The van der Waals surface area contributed by atoms with Crippen LogP contribution in [0.25, 0.3) is 0 Å². The van der Waals surface area contributed by atoms with Crippen LogP contribution >= 0.6 is 27.5 Å². The molecule has 110 valence electrons. The van der Waals surface area contributed by atoms with E-state index in [0.29, 0.717) is 22.4 Å². The minimum Gasteiger partial charge on any atom is -0.493 e. The van der Waals surface area contributed by atoms with Crippen molar-refractivity contribution in [1.82, 2.24) is 0 Å². The molecule has 21 heavy (non-hydrogen) atoms. The van der Waals surface area contributed by atoms with Crippen molar-refractivity contribution in [3.05, 3.63) is 62.8 Å². The molecule has 0 aliphatic heterocycles. The van der Waals surface area contributed by atoms with E-state index < -0.39 is 5.82 Å². The first-order chi connectivity index (χ1) is 10.0.